The molecule has 0 radical (unpaired) electrons. The van der Waals surface area contributed by atoms with Crippen molar-refractivity contribution in [3.05, 3.63) is 59.7 Å². The molecule has 1 fully saturated rings. The van der Waals surface area contributed by atoms with Gasteiger partial charge in [-0.2, -0.15) is 0 Å². The van der Waals surface area contributed by atoms with Gasteiger partial charge in [-0.25, -0.2) is 8.42 Å². The zero-order valence-electron chi connectivity index (χ0n) is 18.0. The molecule has 3 rings (SSSR count). The van der Waals surface area contributed by atoms with Gasteiger partial charge in [-0.3, -0.25) is 13.9 Å². The van der Waals surface area contributed by atoms with E-state index in [4.69, 9.17) is 0 Å². The molecule has 2 aromatic rings. The summed E-state index contributed by atoms with van der Waals surface area (Å²) in [5, 5.41) is 2.79. The first kappa shape index (κ1) is 22.8. The van der Waals surface area contributed by atoms with E-state index in [1.807, 2.05) is 19.1 Å². The molecule has 0 unspecified atom stereocenters. The van der Waals surface area contributed by atoms with Crippen LogP contribution < -0.4 is 9.62 Å². The van der Waals surface area contributed by atoms with Crippen LogP contribution in [0.5, 0.6) is 0 Å². The largest absolute Gasteiger partial charge is 0.350 e. The number of hydrogen-bond acceptors (Lipinski definition) is 4. The number of rotatable bonds is 7. The fourth-order valence-electron chi connectivity index (χ4n) is 3.53. The highest BCUT2D eigenvalue weighted by atomic mass is 32.2. The van der Waals surface area contributed by atoms with Crippen molar-refractivity contribution in [2.75, 3.05) is 31.0 Å². The molecular weight excluding hydrogens is 414 g/mol. The molecule has 0 aromatic heterocycles. The number of sulfonamides is 1. The third-order valence-electron chi connectivity index (χ3n) is 5.49. The molecule has 0 bridgehead atoms. The highest BCUT2D eigenvalue weighted by Gasteiger charge is 2.22. The summed E-state index contributed by atoms with van der Waals surface area (Å²) in [6.07, 6.45) is 3.50. The summed E-state index contributed by atoms with van der Waals surface area (Å²) in [7, 11) is -2.32. The van der Waals surface area contributed by atoms with Crippen LogP contribution in [-0.2, 0) is 14.8 Å². The Kier molecular flexibility index (Phi) is 7.33. The number of aryl methyl sites for hydroxylation is 1. The highest BCUT2D eigenvalue weighted by molar-refractivity contribution is 7.92. The first-order chi connectivity index (χ1) is 14.8. The fraction of sp³-hybridized carbons (Fsp3) is 0.391. The van der Waals surface area contributed by atoms with Crippen molar-refractivity contribution >= 4 is 27.5 Å². The number of nitrogens with zero attached hydrogens (tertiary/aromatic N) is 2. The van der Waals surface area contributed by atoms with Gasteiger partial charge in [-0.1, -0.05) is 30.2 Å². The summed E-state index contributed by atoms with van der Waals surface area (Å²) >= 11 is 0. The standard InChI is InChI=1S/C23H29N3O4S/c1-18-10-12-20(13-11-18)25(2)31(29,30)21-8-6-7-19(17-21)23(28)24-14-16-26-15-5-3-4-9-22(26)27/h6-8,10-13,17H,3-5,9,14-16H2,1-2H3,(H,24,28). The van der Waals surface area contributed by atoms with Crippen molar-refractivity contribution in [3.63, 3.8) is 0 Å². The van der Waals surface area contributed by atoms with Crippen molar-refractivity contribution in [1.82, 2.24) is 10.2 Å². The molecule has 0 saturated carbocycles. The predicted octanol–water partition coefficient (Wildman–Crippen LogP) is 2.95. The van der Waals surface area contributed by atoms with Gasteiger partial charge in [0.05, 0.1) is 10.6 Å². The van der Waals surface area contributed by atoms with Gasteiger partial charge in [0, 0.05) is 38.7 Å². The number of nitrogens with one attached hydrogen (secondary N) is 1. The van der Waals surface area contributed by atoms with E-state index in [-0.39, 0.29) is 22.3 Å². The third-order valence-corrected chi connectivity index (χ3v) is 7.27. The Morgan fingerprint density at radius 1 is 1.10 bits per heavy atom. The van der Waals surface area contributed by atoms with Gasteiger partial charge in [0.2, 0.25) is 5.91 Å². The quantitative estimate of drug-likeness (QED) is 0.713. The monoisotopic (exact) mass is 443 g/mol. The van der Waals surface area contributed by atoms with Crippen LogP contribution in [0, 0.1) is 6.92 Å². The van der Waals surface area contributed by atoms with E-state index in [1.54, 1.807) is 29.2 Å². The molecule has 166 valence electrons. The summed E-state index contributed by atoms with van der Waals surface area (Å²) in [6, 6.07) is 13.2. The number of amides is 2. The Balaban J connectivity index is 1.66. The normalized spacial score (nSPS) is 14.8. The maximum absolute atomic E-state index is 13.0. The van der Waals surface area contributed by atoms with Crippen LogP contribution >= 0.6 is 0 Å². The first-order valence-corrected chi connectivity index (χ1v) is 11.9. The molecule has 8 heteroatoms. The van der Waals surface area contributed by atoms with Gasteiger partial charge in [0.15, 0.2) is 0 Å². The Labute approximate surface area is 184 Å². The van der Waals surface area contributed by atoms with Gasteiger partial charge >= 0.3 is 0 Å². The van der Waals surface area contributed by atoms with Gasteiger partial charge in [-0.15, -0.1) is 0 Å². The molecular formula is C23H29N3O4S. The second-order valence-electron chi connectivity index (χ2n) is 7.78. The van der Waals surface area contributed by atoms with Crippen molar-refractivity contribution in [2.45, 2.75) is 37.5 Å². The molecule has 2 amide bonds. The van der Waals surface area contributed by atoms with Crippen LogP contribution in [0.2, 0.25) is 0 Å². The van der Waals surface area contributed by atoms with Crippen LogP contribution in [0.3, 0.4) is 0 Å². The van der Waals surface area contributed by atoms with Crippen LogP contribution in [0.4, 0.5) is 5.69 Å². The first-order valence-electron chi connectivity index (χ1n) is 10.5. The summed E-state index contributed by atoms with van der Waals surface area (Å²) in [6.45, 7) is 3.43. The number of anilines is 1. The number of carbonyl (C=O) groups is 2. The summed E-state index contributed by atoms with van der Waals surface area (Å²) < 4.78 is 27.3. The Bertz CT molecular complexity index is 1040. The third kappa shape index (κ3) is 5.64. The molecule has 1 saturated heterocycles. The van der Waals surface area contributed by atoms with Crippen LogP contribution in [-0.4, -0.2) is 51.8 Å². The molecule has 31 heavy (non-hydrogen) atoms. The van der Waals surface area contributed by atoms with Gasteiger partial charge in [-0.05, 0) is 50.1 Å². The van der Waals surface area contributed by atoms with E-state index in [0.717, 1.165) is 24.8 Å². The molecule has 7 nitrogen and oxygen atoms in total. The molecule has 0 spiro atoms. The summed E-state index contributed by atoms with van der Waals surface area (Å²) in [4.78, 5) is 26.5. The second-order valence-corrected chi connectivity index (χ2v) is 9.75. The molecule has 1 heterocycles. The SMILES string of the molecule is Cc1ccc(N(C)S(=O)(=O)c2cccc(C(=O)NCCN3CCCCCC3=O)c2)cc1. The number of carbonyl (C=O) groups excluding carboxylic acids is 2. The van der Waals surface area contributed by atoms with Crippen LogP contribution in [0.25, 0.3) is 0 Å². The maximum atomic E-state index is 13.0. The Morgan fingerprint density at radius 3 is 2.58 bits per heavy atom. The summed E-state index contributed by atoms with van der Waals surface area (Å²) in [5.41, 5.74) is 1.85. The van der Waals surface area contributed by atoms with E-state index in [0.29, 0.717) is 31.7 Å². The lowest BCUT2D eigenvalue weighted by Crippen LogP contribution is -2.38. The maximum Gasteiger partial charge on any atom is 0.264 e. The molecule has 0 atom stereocenters. The molecule has 1 aliphatic rings. The average molecular weight is 444 g/mol. The van der Waals surface area contributed by atoms with E-state index in [2.05, 4.69) is 5.32 Å². The van der Waals surface area contributed by atoms with Crippen LogP contribution in [0.1, 0.15) is 41.6 Å². The van der Waals surface area contributed by atoms with Crippen LogP contribution in [0.15, 0.2) is 53.4 Å². The topological polar surface area (TPSA) is 86.8 Å². The zero-order valence-corrected chi connectivity index (χ0v) is 18.8. The summed E-state index contributed by atoms with van der Waals surface area (Å²) in [5.74, 6) is -0.240. The number of benzene rings is 2. The minimum atomic E-state index is -3.81. The smallest absolute Gasteiger partial charge is 0.264 e. The Hall–Kier alpha value is -2.87. The minimum Gasteiger partial charge on any atom is -0.350 e. The van der Waals surface area contributed by atoms with Crippen molar-refractivity contribution in [3.8, 4) is 0 Å². The van der Waals surface area contributed by atoms with E-state index in [1.165, 1.54) is 23.5 Å². The van der Waals surface area contributed by atoms with E-state index in [9.17, 15) is 18.0 Å². The van der Waals surface area contributed by atoms with E-state index >= 15 is 0 Å². The lowest BCUT2D eigenvalue weighted by Gasteiger charge is -2.21. The fourth-order valence-corrected chi connectivity index (χ4v) is 4.77. The average Bonchev–Trinajstić information content (AvgIpc) is 2.98. The lowest BCUT2D eigenvalue weighted by molar-refractivity contribution is -0.130. The number of hydrogen-bond donors (Lipinski definition) is 1. The molecule has 0 aliphatic carbocycles. The van der Waals surface area contributed by atoms with Gasteiger partial charge in [0.25, 0.3) is 15.9 Å². The van der Waals surface area contributed by atoms with Gasteiger partial charge < -0.3 is 10.2 Å². The van der Waals surface area contributed by atoms with Crippen molar-refractivity contribution in [2.24, 2.45) is 0 Å². The predicted molar refractivity (Wildman–Crippen MR) is 121 cm³/mol. The highest BCUT2D eigenvalue weighted by Crippen LogP contribution is 2.23. The molecule has 2 aromatic carbocycles. The van der Waals surface area contributed by atoms with Crippen molar-refractivity contribution in [1.29, 1.82) is 0 Å². The van der Waals surface area contributed by atoms with Gasteiger partial charge in [0.1, 0.15) is 0 Å². The van der Waals surface area contributed by atoms with E-state index < -0.39 is 10.0 Å². The van der Waals surface area contributed by atoms with Crippen molar-refractivity contribution < 1.29 is 18.0 Å². The molecule has 1 aliphatic heterocycles. The molecule has 1 N–H and O–H groups in total. The second kappa shape index (κ2) is 9.96. The minimum absolute atomic E-state index is 0.0471. The zero-order chi connectivity index (χ0) is 22.4. The lowest BCUT2D eigenvalue weighted by atomic mass is 10.2. The Morgan fingerprint density at radius 2 is 1.84 bits per heavy atom. The number of likely N-dealkylation sites (tertiary alicyclic amines) is 1.